The van der Waals surface area contributed by atoms with E-state index >= 15 is 0 Å². The van der Waals surface area contributed by atoms with Crippen LogP contribution in [-0.2, 0) is 4.79 Å². The third-order valence-corrected chi connectivity index (χ3v) is 6.32. The highest BCUT2D eigenvalue weighted by molar-refractivity contribution is 5.99. The molecular formula is C25H29F2N5O3. The summed E-state index contributed by atoms with van der Waals surface area (Å²) in [6.07, 6.45) is 9.02. The van der Waals surface area contributed by atoms with Gasteiger partial charge in [0.25, 0.3) is 5.91 Å². The minimum Gasteiger partial charge on any atom is -0.481 e. The molecule has 1 aromatic carbocycles. The minimum atomic E-state index is -0.774. The van der Waals surface area contributed by atoms with Crippen LogP contribution >= 0.6 is 0 Å². The number of nitrogens with one attached hydrogen (secondary N) is 1. The van der Waals surface area contributed by atoms with E-state index in [9.17, 15) is 18.4 Å². The second kappa shape index (κ2) is 11.2. The van der Waals surface area contributed by atoms with E-state index in [2.05, 4.69) is 15.4 Å². The Balaban J connectivity index is 1.40. The lowest BCUT2D eigenvalue weighted by molar-refractivity contribution is -0.137. The Hall–Kier alpha value is -3.56. The third kappa shape index (κ3) is 5.93. The van der Waals surface area contributed by atoms with E-state index in [0.29, 0.717) is 48.5 Å². The molecule has 186 valence electrons. The van der Waals surface area contributed by atoms with Gasteiger partial charge < -0.3 is 15.3 Å². The van der Waals surface area contributed by atoms with Gasteiger partial charge in [0.15, 0.2) is 5.65 Å². The normalized spacial score (nSPS) is 15.6. The van der Waals surface area contributed by atoms with Crippen LogP contribution in [0.15, 0.2) is 36.7 Å². The Morgan fingerprint density at radius 3 is 2.74 bits per heavy atom. The molecule has 1 aliphatic rings. The molecule has 0 spiro atoms. The van der Waals surface area contributed by atoms with E-state index in [4.69, 9.17) is 5.11 Å². The van der Waals surface area contributed by atoms with Crippen molar-refractivity contribution in [2.45, 2.75) is 57.4 Å². The molecule has 1 atom stereocenters. The first-order chi connectivity index (χ1) is 16.9. The Morgan fingerprint density at radius 2 is 1.91 bits per heavy atom. The number of carbonyl (C=O) groups excluding carboxylic acids is 1. The van der Waals surface area contributed by atoms with Crippen molar-refractivity contribution in [1.82, 2.24) is 19.9 Å². The van der Waals surface area contributed by atoms with E-state index in [-0.39, 0.29) is 18.4 Å². The molecule has 8 nitrogen and oxygen atoms in total. The van der Waals surface area contributed by atoms with Gasteiger partial charge in [-0.3, -0.25) is 9.59 Å². The molecule has 4 rings (SSSR count). The molecule has 10 heteroatoms. The molecule has 0 saturated carbocycles. The van der Waals surface area contributed by atoms with Gasteiger partial charge in [-0.2, -0.15) is 5.10 Å². The van der Waals surface area contributed by atoms with Crippen LogP contribution in [0.25, 0.3) is 5.65 Å². The predicted octanol–water partition coefficient (Wildman–Crippen LogP) is 4.50. The molecule has 0 unspecified atom stereocenters. The summed E-state index contributed by atoms with van der Waals surface area (Å²) in [6.45, 7) is 1.15. The summed E-state index contributed by atoms with van der Waals surface area (Å²) < 4.78 is 29.8. The van der Waals surface area contributed by atoms with Crippen molar-refractivity contribution in [1.29, 1.82) is 0 Å². The molecule has 3 heterocycles. The van der Waals surface area contributed by atoms with Gasteiger partial charge in [-0.1, -0.05) is 19.3 Å². The number of nitrogens with zero attached hydrogens (tertiary/aromatic N) is 4. The first kappa shape index (κ1) is 24.6. The highest BCUT2D eigenvalue weighted by Crippen LogP contribution is 2.36. The summed E-state index contributed by atoms with van der Waals surface area (Å²) in [6, 6.07) is 4.92. The third-order valence-electron chi connectivity index (χ3n) is 6.32. The van der Waals surface area contributed by atoms with Gasteiger partial charge >= 0.3 is 5.97 Å². The molecule has 1 fully saturated rings. The molecular weight excluding hydrogens is 456 g/mol. The number of aromatic nitrogens is 3. The van der Waals surface area contributed by atoms with Crippen LogP contribution in [0, 0.1) is 11.6 Å². The number of unbranched alkanes of at least 4 members (excludes halogenated alkanes) is 4. The first-order valence-corrected chi connectivity index (χ1v) is 12.0. The van der Waals surface area contributed by atoms with Gasteiger partial charge in [0.1, 0.15) is 23.0 Å². The molecule has 1 aliphatic heterocycles. The summed E-state index contributed by atoms with van der Waals surface area (Å²) in [5, 5.41) is 15.8. The van der Waals surface area contributed by atoms with Crippen molar-refractivity contribution in [3.63, 3.8) is 0 Å². The average Bonchev–Trinajstić information content (AvgIpc) is 3.49. The van der Waals surface area contributed by atoms with E-state index < -0.39 is 17.6 Å². The smallest absolute Gasteiger partial charge is 0.303 e. The molecule has 2 N–H and O–H groups in total. The number of fused-ring (bicyclic) bond motifs is 1. The zero-order valence-corrected chi connectivity index (χ0v) is 19.4. The highest BCUT2D eigenvalue weighted by atomic mass is 19.1. The largest absolute Gasteiger partial charge is 0.481 e. The maximum Gasteiger partial charge on any atom is 0.303 e. The SMILES string of the molecule is O=C(O)CCCCCCCNC(=O)c1cnn2ccc(N3CCC[C@@H]3c3cc(F)ccc3F)nc12. The maximum absolute atomic E-state index is 14.4. The van der Waals surface area contributed by atoms with Crippen LogP contribution in [0.4, 0.5) is 14.6 Å². The standard InChI is InChI=1S/C25H29F2N5O3/c26-17-9-10-20(27)18(15-17)21-7-6-13-31(21)22-11-14-32-24(30-22)19(16-29-32)25(35)28-12-5-3-1-2-4-8-23(33)34/h9-11,14-16,21H,1-8,12-13H2,(H,28,35)(H,33,34)/t21-/m1/s1. The van der Waals surface area contributed by atoms with Crippen LogP contribution in [0.3, 0.4) is 0 Å². The zero-order chi connectivity index (χ0) is 24.8. The summed E-state index contributed by atoms with van der Waals surface area (Å²) in [7, 11) is 0. The molecule has 3 aromatic rings. The predicted molar refractivity (Wildman–Crippen MR) is 126 cm³/mol. The summed E-state index contributed by atoms with van der Waals surface area (Å²) >= 11 is 0. The number of hydrogen-bond acceptors (Lipinski definition) is 5. The number of rotatable bonds is 11. The van der Waals surface area contributed by atoms with Gasteiger partial charge in [0.2, 0.25) is 0 Å². The fourth-order valence-electron chi connectivity index (χ4n) is 4.54. The monoisotopic (exact) mass is 485 g/mol. The molecule has 1 saturated heterocycles. The average molecular weight is 486 g/mol. The molecule has 2 aromatic heterocycles. The quantitative estimate of drug-likeness (QED) is 0.388. The van der Waals surface area contributed by atoms with Crippen molar-refractivity contribution in [3.8, 4) is 0 Å². The molecule has 1 amide bonds. The zero-order valence-electron chi connectivity index (χ0n) is 19.4. The van der Waals surface area contributed by atoms with Crippen molar-refractivity contribution < 1.29 is 23.5 Å². The van der Waals surface area contributed by atoms with Crippen molar-refractivity contribution >= 4 is 23.3 Å². The summed E-state index contributed by atoms with van der Waals surface area (Å²) in [5.74, 6) is -1.39. The van der Waals surface area contributed by atoms with E-state index in [1.54, 1.807) is 12.3 Å². The van der Waals surface area contributed by atoms with Gasteiger partial charge in [-0.15, -0.1) is 0 Å². The van der Waals surface area contributed by atoms with Crippen LogP contribution in [0.2, 0.25) is 0 Å². The second-order valence-corrected chi connectivity index (χ2v) is 8.80. The van der Waals surface area contributed by atoms with E-state index in [1.807, 2.05) is 4.90 Å². The summed E-state index contributed by atoms with van der Waals surface area (Å²) in [5.41, 5.74) is 1.05. The number of carboxylic acid groups (broad SMARTS) is 1. The van der Waals surface area contributed by atoms with Crippen LogP contribution < -0.4 is 10.2 Å². The van der Waals surface area contributed by atoms with Gasteiger partial charge in [0, 0.05) is 31.3 Å². The fraction of sp³-hybridized carbons (Fsp3) is 0.440. The lowest BCUT2D eigenvalue weighted by atomic mass is 10.0. The number of aliphatic carboxylic acids is 1. The fourth-order valence-corrected chi connectivity index (χ4v) is 4.54. The second-order valence-electron chi connectivity index (χ2n) is 8.80. The number of carboxylic acids is 1. The van der Waals surface area contributed by atoms with Crippen molar-refractivity contribution in [2.75, 3.05) is 18.0 Å². The molecule has 0 bridgehead atoms. The Morgan fingerprint density at radius 1 is 1.11 bits per heavy atom. The molecule has 0 radical (unpaired) electrons. The number of amides is 1. The van der Waals surface area contributed by atoms with Gasteiger partial charge in [-0.25, -0.2) is 18.3 Å². The lowest BCUT2D eigenvalue weighted by Gasteiger charge is -2.26. The van der Waals surface area contributed by atoms with Gasteiger partial charge in [-0.05, 0) is 49.9 Å². The number of halogens is 2. The van der Waals surface area contributed by atoms with Crippen LogP contribution in [0.5, 0.6) is 0 Å². The van der Waals surface area contributed by atoms with Gasteiger partial charge in [0.05, 0.1) is 12.2 Å². The van der Waals surface area contributed by atoms with E-state index in [0.717, 1.165) is 44.2 Å². The Labute approximate surface area is 202 Å². The number of carbonyl (C=O) groups is 2. The van der Waals surface area contributed by atoms with Crippen molar-refractivity contribution in [2.24, 2.45) is 0 Å². The maximum atomic E-state index is 14.4. The number of benzene rings is 1. The Kier molecular flexibility index (Phi) is 7.89. The first-order valence-electron chi connectivity index (χ1n) is 12.0. The topological polar surface area (TPSA) is 99.8 Å². The van der Waals surface area contributed by atoms with Crippen molar-refractivity contribution in [3.05, 3.63) is 59.4 Å². The minimum absolute atomic E-state index is 0.190. The molecule has 0 aliphatic carbocycles. The summed E-state index contributed by atoms with van der Waals surface area (Å²) in [4.78, 5) is 29.9. The lowest BCUT2D eigenvalue weighted by Crippen LogP contribution is -2.26. The Bertz CT molecular complexity index is 1200. The number of anilines is 1. The van der Waals surface area contributed by atoms with Crippen LogP contribution in [-0.4, -0.2) is 44.7 Å². The van der Waals surface area contributed by atoms with E-state index in [1.165, 1.54) is 16.8 Å². The highest BCUT2D eigenvalue weighted by Gasteiger charge is 2.30. The van der Waals surface area contributed by atoms with Crippen LogP contribution in [0.1, 0.15) is 73.3 Å². The molecule has 35 heavy (non-hydrogen) atoms. The number of hydrogen-bond donors (Lipinski definition) is 2.